The molecule has 0 heterocycles. The normalized spacial score (nSPS) is 11.3. The highest BCUT2D eigenvalue weighted by molar-refractivity contribution is 6.01. The number of para-hydroxylation sites is 1. The lowest BCUT2D eigenvalue weighted by Crippen LogP contribution is -2.34. The Labute approximate surface area is 169 Å². The molecule has 5 heteroatoms. The lowest BCUT2D eigenvalue weighted by Gasteiger charge is -2.18. The van der Waals surface area contributed by atoms with Crippen molar-refractivity contribution in [2.24, 2.45) is 0 Å². The number of benzene rings is 3. The Morgan fingerprint density at radius 2 is 1.17 bits per heavy atom. The fourth-order valence-corrected chi connectivity index (χ4v) is 2.80. The Hall–Kier alpha value is -3.73. The first kappa shape index (κ1) is 20.0. The van der Waals surface area contributed by atoms with Gasteiger partial charge in [0.05, 0.1) is 0 Å². The molecule has 5 nitrogen and oxygen atoms in total. The summed E-state index contributed by atoms with van der Waals surface area (Å²) in [7, 11) is 0. The van der Waals surface area contributed by atoms with Gasteiger partial charge in [0.25, 0.3) is 0 Å². The largest absolute Gasteiger partial charge is 0.456 e. The van der Waals surface area contributed by atoms with Gasteiger partial charge in [0, 0.05) is 23.2 Å². The van der Waals surface area contributed by atoms with E-state index in [0.29, 0.717) is 16.8 Å². The number of hydrogen-bond donors (Lipinski definition) is 1. The number of esters is 1. The minimum atomic E-state index is -0.909. The summed E-state index contributed by atoms with van der Waals surface area (Å²) in [5.74, 6) is -1.14. The maximum Gasteiger partial charge on any atom is 0.329 e. The van der Waals surface area contributed by atoms with E-state index < -0.39 is 12.0 Å². The van der Waals surface area contributed by atoms with Crippen LogP contribution in [0.2, 0.25) is 0 Å². The highest BCUT2D eigenvalue weighted by atomic mass is 16.5. The Balaban J connectivity index is 1.68. The molecule has 0 aliphatic rings. The Morgan fingerprint density at radius 3 is 1.72 bits per heavy atom. The molecule has 0 saturated heterocycles. The van der Waals surface area contributed by atoms with Crippen LogP contribution in [0.5, 0.6) is 0 Å². The number of anilines is 1. The number of nitrogens with one attached hydrogen (secondary N) is 1. The van der Waals surface area contributed by atoms with Gasteiger partial charge in [0.15, 0.2) is 18.2 Å². The highest BCUT2D eigenvalue weighted by Crippen LogP contribution is 2.14. The summed E-state index contributed by atoms with van der Waals surface area (Å²) in [5, 5.41) is 3.04. The SMILES string of the molecule is O=C(COC(=O)C(CC(=O)c1ccccc1)Nc1ccccc1)c1ccccc1. The summed E-state index contributed by atoms with van der Waals surface area (Å²) in [6.45, 7) is -0.380. The number of ether oxygens (including phenoxy) is 1. The van der Waals surface area contributed by atoms with Gasteiger partial charge in [-0.05, 0) is 12.1 Å². The average Bonchev–Trinajstić information content (AvgIpc) is 2.78. The fourth-order valence-electron chi connectivity index (χ4n) is 2.80. The van der Waals surface area contributed by atoms with E-state index in [0.717, 1.165) is 0 Å². The van der Waals surface area contributed by atoms with E-state index in [1.54, 1.807) is 66.7 Å². The zero-order valence-electron chi connectivity index (χ0n) is 15.8. The second-order valence-electron chi connectivity index (χ2n) is 6.45. The number of carbonyl (C=O) groups is 3. The predicted molar refractivity (Wildman–Crippen MR) is 111 cm³/mol. The van der Waals surface area contributed by atoms with Crippen molar-refractivity contribution in [1.82, 2.24) is 0 Å². The van der Waals surface area contributed by atoms with Crippen LogP contribution in [-0.4, -0.2) is 30.2 Å². The third-order valence-corrected chi connectivity index (χ3v) is 4.33. The molecule has 1 atom stereocenters. The lowest BCUT2D eigenvalue weighted by atomic mass is 10.0. The van der Waals surface area contributed by atoms with Crippen molar-refractivity contribution in [2.45, 2.75) is 12.5 Å². The molecule has 3 aromatic carbocycles. The van der Waals surface area contributed by atoms with E-state index in [1.165, 1.54) is 0 Å². The first-order chi connectivity index (χ1) is 14.1. The van der Waals surface area contributed by atoms with Crippen LogP contribution >= 0.6 is 0 Å². The zero-order valence-corrected chi connectivity index (χ0v) is 15.8. The summed E-state index contributed by atoms with van der Waals surface area (Å²) in [5.41, 5.74) is 1.67. The molecule has 0 aromatic heterocycles. The third-order valence-electron chi connectivity index (χ3n) is 4.33. The topological polar surface area (TPSA) is 72.5 Å². The Morgan fingerprint density at radius 1 is 0.690 bits per heavy atom. The maximum atomic E-state index is 12.7. The van der Waals surface area contributed by atoms with Gasteiger partial charge >= 0.3 is 5.97 Å². The summed E-state index contributed by atoms with van der Waals surface area (Å²) in [6, 6.07) is 25.5. The zero-order chi connectivity index (χ0) is 20.5. The maximum absolute atomic E-state index is 12.7. The van der Waals surface area contributed by atoms with Gasteiger partial charge < -0.3 is 10.1 Å². The van der Waals surface area contributed by atoms with E-state index in [1.807, 2.05) is 24.3 Å². The number of carbonyl (C=O) groups excluding carboxylic acids is 3. The summed E-state index contributed by atoms with van der Waals surface area (Å²) < 4.78 is 5.23. The highest BCUT2D eigenvalue weighted by Gasteiger charge is 2.25. The van der Waals surface area contributed by atoms with E-state index in [2.05, 4.69) is 5.32 Å². The number of rotatable bonds is 9. The minimum absolute atomic E-state index is 0.0860. The van der Waals surface area contributed by atoms with Crippen molar-refractivity contribution in [3.8, 4) is 0 Å². The quantitative estimate of drug-likeness (QED) is 0.441. The number of hydrogen-bond acceptors (Lipinski definition) is 5. The van der Waals surface area contributed by atoms with Crippen LogP contribution < -0.4 is 5.32 Å². The van der Waals surface area contributed by atoms with Gasteiger partial charge in [-0.25, -0.2) is 4.79 Å². The summed E-state index contributed by atoms with van der Waals surface area (Å²) in [4.78, 5) is 37.5. The van der Waals surface area contributed by atoms with Gasteiger partial charge in [0.2, 0.25) is 0 Å². The molecule has 29 heavy (non-hydrogen) atoms. The fraction of sp³-hybridized carbons (Fsp3) is 0.125. The van der Waals surface area contributed by atoms with E-state index in [9.17, 15) is 14.4 Å². The second kappa shape index (κ2) is 9.99. The van der Waals surface area contributed by atoms with Crippen molar-refractivity contribution in [1.29, 1.82) is 0 Å². The van der Waals surface area contributed by atoms with Crippen molar-refractivity contribution in [3.63, 3.8) is 0 Å². The van der Waals surface area contributed by atoms with E-state index in [-0.39, 0.29) is 24.6 Å². The van der Waals surface area contributed by atoms with Crippen LogP contribution in [0.1, 0.15) is 27.1 Å². The van der Waals surface area contributed by atoms with Crippen LogP contribution in [0.3, 0.4) is 0 Å². The summed E-state index contributed by atoms with van der Waals surface area (Å²) in [6.07, 6.45) is -0.0860. The van der Waals surface area contributed by atoms with Gasteiger partial charge in [0.1, 0.15) is 6.04 Å². The average molecular weight is 387 g/mol. The molecule has 1 N–H and O–H groups in total. The standard InChI is InChI=1S/C24H21NO4/c26-22(18-10-4-1-5-11-18)16-21(25-20-14-8-3-9-15-20)24(28)29-17-23(27)19-12-6-2-7-13-19/h1-15,21,25H,16-17H2. The first-order valence-corrected chi connectivity index (χ1v) is 9.28. The van der Waals surface area contributed by atoms with Crippen LogP contribution in [0, 0.1) is 0 Å². The molecule has 3 rings (SSSR count). The lowest BCUT2D eigenvalue weighted by molar-refractivity contribution is -0.143. The molecule has 1 unspecified atom stereocenters. The molecular formula is C24H21NO4. The van der Waals surface area contributed by atoms with Gasteiger partial charge in [-0.15, -0.1) is 0 Å². The molecule has 0 fully saturated rings. The monoisotopic (exact) mass is 387 g/mol. The molecule has 0 spiro atoms. The second-order valence-corrected chi connectivity index (χ2v) is 6.45. The molecule has 0 bridgehead atoms. The van der Waals surface area contributed by atoms with E-state index >= 15 is 0 Å². The number of Topliss-reactive ketones (excluding diaryl/α,β-unsaturated/α-hetero) is 2. The molecule has 0 aliphatic heterocycles. The van der Waals surface area contributed by atoms with Crippen LogP contribution in [0.15, 0.2) is 91.0 Å². The van der Waals surface area contributed by atoms with Crippen LogP contribution in [0.25, 0.3) is 0 Å². The van der Waals surface area contributed by atoms with Crippen molar-refractivity contribution in [2.75, 3.05) is 11.9 Å². The molecule has 0 aliphatic carbocycles. The molecule has 0 amide bonds. The van der Waals surface area contributed by atoms with Crippen LogP contribution in [-0.2, 0) is 9.53 Å². The molecular weight excluding hydrogens is 366 g/mol. The van der Waals surface area contributed by atoms with Gasteiger partial charge in [-0.1, -0.05) is 78.9 Å². The molecule has 0 saturated carbocycles. The number of ketones is 2. The van der Waals surface area contributed by atoms with Gasteiger partial charge in [-0.2, -0.15) is 0 Å². The molecule has 0 radical (unpaired) electrons. The third kappa shape index (κ3) is 5.87. The molecule has 3 aromatic rings. The minimum Gasteiger partial charge on any atom is -0.456 e. The van der Waals surface area contributed by atoms with Crippen molar-refractivity contribution < 1.29 is 19.1 Å². The molecule has 146 valence electrons. The smallest absolute Gasteiger partial charge is 0.329 e. The Bertz CT molecular complexity index is 956. The predicted octanol–water partition coefficient (Wildman–Crippen LogP) is 4.17. The summed E-state index contributed by atoms with van der Waals surface area (Å²) >= 11 is 0. The van der Waals surface area contributed by atoms with Crippen molar-refractivity contribution >= 4 is 23.2 Å². The first-order valence-electron chi connectivity index (χ1n) is 9.28. The van der Waals surface area contributed by atoms with Crippen molar-refractivity contribution in [3.05, 3.63) is 102 Å². The van der Waals surface area contributed by atoms with E-state index in [4.69, 9.17) is 4.74 Å². The Kier molecular flexibility index (Phi) is 6.90. The van der Waals surface area contributed by atoms with Gasteiger partial charge in [-0.3, -0.25) is 9.59 Å². The van der Waals surface area contributed by atoms with Crippen LogP contribution in [0.4, 0.5) is 5.69 Å².